The summed E-state index contributed by atoms with van der Waals surface area (Å²) in [4.78, 5) is 0. The molecule has 0 saturated heterocycles. The van der Waals surface area contributed by atoms with Gasteiger partial charge in [-0.15, -0.1) is 0 Å². The Morgan fingerprint density at radius 1 is 1.06 bits per heavy atom. The standard InChI is InChI=1S/C16H24S/c1-3-13-4-8-15(9-5-13)16-10-6-14(7-11-16)12-17-2/h6-7,10-11,13,15H,3-5,8-9,12H2,1-2H3/t13-,15+. The molecule has 0 spiro atoms. The summed E-state index contributed by atoms with van der Waals surface area (Å²) in [6.45, 7) is 2.34. The van der Waals surface area contributed by atoms with E-state index in [4.69, 9.17) is 0 Å². The Balaban J connectivity index is 1.94. The van der Waals surface area contributed by atoms with Gasteiger partial charge in [0.05, 0.1) is 0 Å². The van der Waals surface area contributed by atoms with Crippen LogP contribution in [0, 0.1) is 5.92 Å². The van der Waals surface area contributed by atoms with Gasteiger partial charge in [0.2, 0.25) is 0 Å². The van der Waals surface area contributed by atoms with Crippen molar-refractivity contribution in [1.82, 2.24) is 0 Å². The highest BCUT2D eigenvalue weighted by Crippen LogP contribution is 2.36. The maximum Gasteiger partial charge on any atom is 0.0181 e. The second-order valence-electron chi connectivity index (χ2n) is 5.30. The lowest BCUT2D eigenvalue weighted by molar-refractivity contribution is 0.319. The summed E-state index contributed by atoms with van der Waals surface area (Å²) < 4.78 is 0. The first-order valence-electron chi connectivity index (χ1n) is 6.91. The smallest absolute Gasteiger partial charge is 0.0181 e. The Bertz CT molecular complexity index is 320. The van der Waals surface area contributed by atoms with Crippen LogP contribution < -0.4 is 0 Å². The molecule has 1 aromatic carbocycles. The molecule has 2 rings (SSSR count). The summed E-state index contributed by atoms with van der Waals surface area (Å²) in [7, 11) is 0. The van der Waals surface area contributed by atoms with Crippen molar-refractivity contribution in [2.75, 3.05) is 6.26 Å². The van der Waals surface area contributed by atoms with Gasteiger partial charge >= 0.3 is 0 Å². The van der Waals surface area contributed by atoms with Gasteiger partial charge in [-0.05, 0) is 54.9 Å². The molecule has 1 aliphatic carbocycles. The van der Waals surface area contributed by atoms with Crippen LogP contribution in [-0.2, 0) is 5.75 Å². The van der Waals surface area contributed by atoms with Crippen LogP contribution in [0.15, 0.2) is 24.3 Å². The van der Waals surface area contributed by atoms with Gasteiger partial charge in [0.15, 0.2) is 0 Å². The maximum atomic E-state index is 2.36. The molecule has 0 unspecified atom stereocenters. The normalized spacial score (nSPS) is 24.8. The van der Waals surface area contributed by atoms with Crippen molar-refractivity contribution in [1.29, 1.82) is 0 Å². The van der Waals surface area contributed by atoms with Crippen molar-refractivity contribution in [3.05, 3.63) is 35.4 Å². The van der Waals surface area contributed by atoms with E-state index in [9.17, 15) is 0 Å². The highest BCUT2D eigenvalue weighted by Gasteiger charge is 2.20. The van der Waals surface area contributed by atoms with Crippen LogP contribution in [0.4, 0.5) is 0 Å². The molecule has 1 heteroatoms. The predicted molar refractivity (Wildman–Crippen MR) is 78.7 cm³/mol. The lowest BCUT2D eigenvalue weighted by atomic mass is 9.78. The molecule has 0 atom stereocenters. The van der Waals surface area contributed by atoms with Gasteiger partial charge in [0, 0.05) is 5.75 Å². The lowest BCUT2D eigenvalue weighted by Gasteiger charge is -2.28. The summed E-state index contributed by atoms with van der Waals surface area (Å²) in [6, 6.07) is 9.36. The Morgan fingerprint density at radius 2 is 1.71 bits per heavy atom. The third-order valence-corrected chi connectivity index (χ3v) is 4.81. The van der Waals surface area contributed by atoms with Crippen molar-refractivity contribution >= 4 is 11.8 Å². The van der Waals surface area contributed by atoms with Crippen LogP contribution in [0.1, 0.15) is 56.1 Å². The third-order valence-electron chi connectivity index (χ3n) is 4.19. The van der Waals surface area contributed by atoms with Crippen LogP contribution in [0.25, 0.3) is 0 Å². The second-order valence-corrected chi connectivity index (χ2v) is 6.17. The zero-order chi connectivity index (χ0) is 12.1. The van der Waals surface area contributed by atoms with Crippen LogP contribution in [-0.4, -0.2) is 6.26 Å². The monoisotopic (exact) mass is 248 g/mol. The maximum absolute atomic E-state index is 2.36. The Labute approximate surface area is 110 Å². The van der Waals surface area contributed by atoms with E-state index in [-0.39, 0.29) is 0 Å². The van der Waals surface area contributed by atoms with E-state index in [1.807, 2.05) is 11.8 Å². The van der Waals surface area contributed by atoms with Gasteiger partial charge in [0.25, 0.3) is 0 Å². The fourth-order valence-electron chi connectivity index (χ4n) is 2.96. The molecule has 0 radical (unpaired) electrons. The van der Waals surface area contributed by atoms with Gasteiger partial charge in [0.1, 0.15) is 0 Å². The number of hydrogen-bond acceptors (Lipinski definition) is 1. The first kappa shape index (κ1) is 13.0. The molecule has 94 valence electrons. The van der Waals surface area contributed by atoms with Gasteiger partial charge < -0.3 is 0 Å². The number of rotatable bonds is 4. The van der Waals surface area contributed by atoms with E-state index in [0.717, 1.165) is 17.6 Å². The van der Waals surface area contributed by atoms with Crippen LogP contribution in [0.3, 0.4) is 0 Å². The van der Waals surface area contributed by atoms with E-state index < -0.39 is 0 Å². The first-order valence-corrected chi connectivity index (χ1v) is 8.30. The molecule has 0 nitrogen and oxygen atoms in total. The zero-order valence-corrected chi connectivity index (χ0v) is 11.9. The number of benzene rings is 1. The highest BCUT2D eigenvalue weighted by atomic mass is 32.2. The molecule has 0 N–H and O–H groups in total. The van der Waals surface area contributed by atoms with E-state index in [2.05, 4.69) is 37.4 Å². The van der Waals surface area contributed by atoms with Crippen LogP contribution in [0.5, 0.6) is 0 Å². The molecule has 1 aromatic rings. The fourth-order valence-corrected chi connectivity index (χ4v) is 3.48. The minimum Gasteiger partial charge on any atom is -0.161 e. The second kappa shape index (κ2) is 6.49. The summed E-state index contributed by atoms with van der Waals surface area (Å²) in [5, 5.41) is 0. The minimum absolute atomic E-state index is 0.834. The molecule has 1 fully saturated rings. The van der Waals surface area contributed by atoms with Gasteiger partial charge in [-0.25, -0.2) is 0 Å². The van der Waals surface area contributed by atoms with Crippen molar-refractivity contribution in [2.45, 2.75) is 50.7 Å². The highest BCUT2D eigenvalue weighted by molar-refractivity contribution is 7.97. The Kier molecular flexibility index (Phi) is 4.97. The summed E-state index contributed by atoms with van der Waals surface area (Å²) in [6.07, 6.45) is 9.22. The van der Waals surface area contributed by atoms with Gasteiger partial charge in [-0.2, -0.15) is 11.8 Å². The van der Waals surface area contributed by atoms with Crippen LogP contribution >= 0.6 is 11.8 Å². The third kappa shape index (κ3) is 3.51. The van der Waals surface area contributed by atoms with E-state index in [1.165, 1.54) is 37.7 Å². The summed E-state index contributed by atoms with van der Waals surface area (Å²) >= 11 is 1.90. The van der Waals surface area contributed by atoms with Crippen molar-refractivity contribution in [3.8, 4) is 0 Å². The average molecular weight is 248 g/mol. The number of thioether (sulfide) groups is 1. The van der Waals surface area contributed by atoms with E-state index in [1.54, 1.807) is 5.56 Å². The molecule has 0 amide bonds. The first-order chi connectivity index (χ1) is 8.33. The SMILES string of the molecule is CC[C@H]1CC[C@@H](c2ccc(CSC)cc2)CC1. The average Bonchev–Trinajstić information content (AvgIpc) is 2.40. The molecular weight excluding hydrogens is 224 g/mol. The fraction of sp³-hybridized carbons (Fsp3) is 0.625. The topological polar surface area (TPSA) is 0 Å². The molecular formula is C16H24S. The van der Waals surface area contributed by atoms with Crippen molar-refractivity contribution < 1.29 is 0 Å². The number of hydrogen-bond donors (Lipinski definition) is 0. The summed E-state index contributed by atoms with van der Waals surface area (Å²) in [5.41, 5.74) is 3.04. The molecule has 1 aliphatic rings. The van der Waals surface area contributed by atoms with Crippen LogP contribution in [0.2, 0.25) is 0 Å². The Hall–Kier alpha value is -0.430. The largest absolute Gasteiger partial charge is 0.161 e. The summed E-state index contributed by atoms with van der Waals surface area (Å²) in [5.74, 6) is 2.98. The minimum atomic E-state index is 0.834. The molecule has 0 aliphatic heterocycles. The van der Waals surface area contributed by atoms with E-state index in [0.29, 0.717) is 0 Å². The molecule has 0 heterocycles. The molecule has 0 bridgehead atoms. The van der Waals surface area contributed by atoms with Crippen molar-refractivity contribution in [2.24, 2.45) is 5.92 Å². The van der Waals surface area contributed by atoms with Crippen molar-refractivity contribution in [3.63, 3.8) is 0 Å². The zero-order valence-electron chi connectivity index (χ0n) is 11.1. The Morgan fingerprint density at radius 3 is 2.24 bits per heavy atom. The molecule has 17 heavy (non-hydrogen) atoms. The lowest BCUT2D eigenvalue weighted by Crippen LogP contribution is -2.12. The molecule has 1 saturated carbocycles. The van der Waals surface area contributed by atoms with Gasteiger partial charge in [-0.1, -0.05) is 37.6 Å². The van der Waals surface area contributed by atoms with Gasteiger partial charge in [-0.3, -0.25) is 0 Å². The quantitative estimate of drug-likeness (QED) is 0.702. The molecule has 0 aromatic heterocycles. The predicted octanol–water partition coefficient (Wildman–Crippen LogP) is 5.23. The van der Waals surface area contributed by atoms with E-state index >= 15 is 0 Å².